The van der Waals surface area contributed by atoms with Crippen molar-refractivity contribution in [2.45, 2.75) is 17.1 Å². The highest BCUT2D eigenvalue weighted by Crippen LogP contribution is 2.43. The van der Waals surface area contributed by atoms with Crippen LogP contribution in [-0.2, 0) is 14.8 Å². The second-order valence-electron chi connectivity index (χ2n) is 6.65. The number of halogens is 1. The van der Waals surface area contributed by atoms with E-state index in [9.17, 15) is 17.6 Å². The van der Waals surface area contributed by atoms with E-state index in [0.717, 1.165) is 0 Å². The highest BCUT2D eigenvalue weighted by atomic mass is 32.2. The predicted molar refractivity (Wildman–Crippen MR) is 93.5 cm³/mol. The second-order valence-corrected chi connectivity index (χ2v) is 9.77. The third-order valence-electron chi connectivity index (χ3n) is 4.95. The summed E-state index contributed by atoms with van der Waals surface area (Å²) in [5, 5.41) is 1.74. The minimum atomic E-state index is -3.49. The molecule has 1 spiro atoms. The molecule has 2 aliphatic rings. The average Bonchev–Trinajstić information content (AvgIpc) is 3.30. The van der Waals surface area contributed by atoms with E-state index >= 15 is 0 Å². The Kier molecular flexibility index (Phi) is 3.93. The van der Waals surface area contributed by atoms with Gasteiger partial charge in [0.2, 0.25) is 5.91 Å². The van der Waals surface area contributed by atoms with E-state index in [4.69, 9.17) is 0 Å². The van der Waals surface area contributed by atoms with Gasteiger partial charge in [-0.05, 0) is 42.1 Å². The lowest BCUT2D eigenvalue weighted by Crippen LogP contribution is -2.34. The number of nitrogens with zero attached hydrogens (tertiary/aromatic N) is 2. The zero-order chi connectivity index (χ0) is 17.7. The van der Waals surface area contributed by atoms with Crippen LogP contribution < -0.4 is 4.90 Å². The number of benzene rings is 1. The highest BCUT2D eigenvalue weighted by Gasteiger charge is 2.50. The predicted octanol–water partition coefficient (Wildman–Crippen LogP) is 2.70. The van der Waals surface area contributed by atoms with Gasteiger partial charge in [0.1, 0.15) is 10.0 Å². The van der Waals surface area contributed by atoms with Gasteiger partial charge in [0.15, 0.2) is 0 Å². The Balaban J connectivity index is 1.55. The Labute approximate surface area is 149 Å². The van der Waals surface area contributed by atoms with Crippen LogP contribution in [0.1, 0.15) is 12.8 Å². The Bertz CT molecular complexity index is 896. The number of carbonyl (C=O) groups is 1. The van der Waals surface area contributed by atoms with Crippen LogP contribution in [0.5, 0.6) is 0 Å². The molecule has 0 aliphatic carbocycles. The number of anilines is 1. The molecule has 2 aliphatic heterocycles. The monoisotopic (exact) mass is 380 g/mol. The zero-order valence-electron chi connectivity index (χ0n) is 13.4. The van der Waals surface area contributed by atoms with Crippen molar-refractivity contribution >= 4 is 33.0 Å². The van der Waals surface area contributed by atoms with E-state index < -0.39 is 10.0 Å². The van der Waals surface area contributed by atoms with Gasteiger partial charge in [0.25, 0.3) is 10.0 Å². The van der Waals surface area contributed by atoms with Crippen molar-refractivity contribution in [3.63, 3.8) is 0 Å². The van der Waals surface area contributed by atoms with Gasteiger partial charge in [-0.15, -0.1) is 11.3 Å². The Hall–Kier alpha value is -1.77. The summed E-state index contributed by atoms with van der Waals surface area (Å²) < 4.78 is 40.3. The Morgan fingerprint density at radius 3 is 2.56 bits per heavy atom. The number of thiophene rings is 1. The molecular formula is C17H17FN2O3S2. The van der Waals surface area contributed by atoms with E-state index in [1.54, 1.807) is 34.5 Å². The van der Waals surface area contributed by atoms with Crippen LogP contribution in [0.4, 0.5) is 10.1 Å². The molecule has 2 aromatic rings. The summed E-state index contributed by atoms with van der Waals surface area (Å²) in [5.41, 5.74) is 0.290. The molecule has 0 radical (unpaired) electrons. The maximum atomic E-state index is 13.1. The molecule has 4 rings (SSSR count). The van der Waals surface area contributed by atoms with Crippen molar-refractivity contribution in [1.29, 1.82) is 0 Å². The smallest absolute Gasteiger partial charge is 0.252 e. The molecule has 2 fully saturated rings. The number of rotatable bonds is 3. The molecule has 1 aromatic carbocycles. The average molecular weight is 380 g/mol. The van der Waals surface area contributed by atoms with Gasteiger partial charge in [0.05, 0.1) is 0 Å². The van der Waals surface area contributed by atoms with Crippen molar-refractivity contribution in [3.8, 4) is 0 Å². The molecule has 5 nitrogen and oxygen atoms in total. The first-order chi connectivity index (χ1) is 11.9. The second kappa shape index (κ2) is 5.89. The summed E-state index contributed by atoms with van der Waals surface area (Å²) in [6.07, 6.45) is 0.974. The molecule has 2 saturated heterocycles. The van der Waals surface area contributed by atoms with Crippen LogP contribution in [0, 0.1) is 11.2 Å². The fourth-order valence-electron chi connectivity index (χ4n) is 3.66. The first-order valence-electron chi connectivity index (χ1n) is 7.99. The molecule has 3 heterocycles. The van der Waals surface area contributed by atoms with Gasteiger partial charge in [0, 0.05) is 37.2 Å². The number of amides is 1. The third-order valence-corrected chi connectivity index (χ3v) is 8.17. The molecule has 1 aromatic heterocycles. The van der Waals surface area contributed by atoms with E-state index in [2.05, 4.69) is 0 Å². The lowest BCUT2D eigenvalue weighted by molar-refractivity contribution is -0.117. The maximum Gasteiger partial charge on any atom is 0.252 e. The molecule has 1 amide bonds. The van der Waals surface area contributed by atoms with Gasteiger partial charge < -0.3 is 4.90 Å². The van der Waals surface area contributed by atoms with Gasteiger partial charge in [-0.25, -0.2) is 12.8 Å². The number of hydrogen-bond donors (Lipinski definition) is 0. The largest absolute Gasteiger partial charge is 0.312 e. The van der Waals surface area contributed by atoms with Crippen molar-refractivity contribution < 1.29 is 17.6 Å². The van der Waals surface area contributed by atoms with Crippen LogP contribution in [-0.4, -0.2) is 38.3 Å². The molecule has 25 heavy (non-hydrogen) atoms. The fraction of sp³-hybridized carbons (Fsp3) is 0.353. The van der Waals surface area contributed by atoms with Gasteiger partial charge in [-0.2, -0.15) is 4.31 Å². The number of carbonyl (C=O) groups excluding carboxylic acids is 1. The summed E-state index contributed by atoms with van der Waals surface area (Å²) >= 11 is 1.20. The van der Waals surface area contributed by atoms with Gasteiger partial charge in [-0.1, -0.05) is 6.07 Å². The lowest BCUT2D eigenvalue weighted by atomic mass is 9.86. The van der Waals surface area contributed by atoms with Crippen LogP contribution in [0.3, 0.4) is 0 Å². The normalized spacial score (nSPS) is 24.5. The third kappa shape index (κ3) is 2.88. The maximum absolute atomic E-state index is 13.1. The molecule has 132 valence electrons. The zero-order valence-corrected chi connectivity index (χ0v) is 15.0. The van der Waals surface area contributed by atoms with E-state index in [0.29, 0.717) is 42.4 Å². The summed E-state index contributed by atoms with van der Waals surface area (Å²) in [7, 11) is -3.49. The first kappa shape index (κ1) is 16.7. The molecule has 0 unspecified atom stereocenters. The Morgan fingerprint density at radius 1 is 1.12 bits per heavy atom. The molecule has 0 saturated carbocycles. The Morgan fingerprint density at radius 2 is 1.88 bits per heavy atom. The van der Waals surface area contributed by atoms with E-state index in [1.165, 1.54) is 27.8 Å². The standard InChI is InChI=1S/C17H17FN2O3S2/c18-13-3-5-14(6-4-13)20-12-17(10-15(20)21)7-8-19(11-17)25(22,23)16-2-1-9-24-16/h1-6,9H,7-8,10-12H2/t17-/m0/s1. The van der Waals surface area contributed by atoms with Crippen LogP contribution in [0.15, 0.2) is 46.0 Å². The molecular weight excluding hydrogens is 363 g/mol. The van der Waals surface area contributed by atoms with Crippen molar-refractivity contribution in [1.82, 2.24) is 4.31 Å². The van der Waals surface area contributed by atoms with Crippen LogP contribution in [0.2, 0.25) is 0 Å². The first-order valence-corrected chi connectivity index (χ1v) is 10.3. The van der Waals surface area contributed by atoms with Crippen molar-refractivity contribution in [3.05, 3.63) is 47.6 Å². The van der Waals surface area contributed by atoms with Gasteiger partial charge >= 0.3 is 0 Å². The molecule has 0 N–H and O–H groups in total. The van der Waals surface area contributed by atoms with Crippen molar-refractivity contribution in [2.24, 2.45) is 5.41 Å². The minimum absolute atomic E-state index is 0.0398. The lowest BCUT2D eigenvalue weighted by Gasteiger charge is -2.24. The summed E-state index contributed by atoms with van der Waals surface area (Å²) in [5.74, 6) is -0.388. The fourth-order valence-corrected chi connectivity index (χ4v) is 6.36. The quantitative estimate of drug-likeness (QED) is 0.823. The topological polar surface area (TPSA) is 57.7 Å². The highest BCUT2D eigenvalue weighted by molar-refractivity contribution is 7.91. The summed E-state index contributed by atoms with van der Waals surface area (Å²) in [6, 6.07) is 9.16. The SMILES string of the molecule is O=C1C[C@]2(CCN(S(=O)(=O)c3cccs3)C2)CN1c1ccc(F)cc1. The summed E-state index contributed by atoms with van der Waals surface area (Å²) in [4.78, 5) is 14.1. The molecule has 8 heteroatoms. The number of sulfonamides is 1. The number of hydrogen-bond acceptors (Lipinski definition) is 4. The van der Waals surface area contributed by atoms with Crippen molar-refractivity contribution in [2.75, 3.05) is 24.5 Å². The van der Waals surface area contributed by atoms with Gasteiger partial charge in [-0.3, -0.25) is 4.79 Å². The molecule has 1 atom stereocenters. The van der Waals surface area contributed by atoms with E-state index in [-0.39, 0.29) is 17.1 Å². The van der Waals surface area contributed by atoms with E-state index in [1.807, 2.05) is 0 Å². The summed E-state index contributed by atoms with van der Waals surface area (Å²) in [6.45, 7) is 1.23. The van der Waals surface area contributed by atoms with Crippen LogP contribution in [0.25, 0.3) is 0 Å². The molecule has 0 bridgehead atoms. The van der Waals surface area contributed by atoms with Crippen LogP contribution >= 0.6 is 11.3 Å². The minimum Gasteiger partial charge on any atom is -0.312 e.